The highest BCUT2D eigenvalue weighted by Gasteiger charge is 2.44. The lowest BCUT2D eigenvalue weighted by molar-refractivity contribution is -0.0605. The maximum absolute atomic E-state index is 13.1. The van der Waals surface area contributed by atoms with E-state index in [0.717, 1.165) is 21.1 Å². The number of aryl methyl sites for hydroxylation is 1. The number of carbonyl (C=O) groups excluding carboxylic acids is 1. The van der Waals surface area contributed by atoms with Gasteiger partial charge in [-0.3, -0.25) is 0 Å². The topological polar surface area (TPSA) is 55.3 Å². The van der Waals surface area contributed by atoms with Gasteiger partial charge in [-0.05, 0) is 25.0 Å². The van der Waals surface area contributed by atoms with E-state index in [1.165, 1.54) is 5.46 Å². The Labute approximate surface area is 176 Å². The van der Waals surface area contributed by atoms with E-state index in [0.29, 0.717) is 19.4 Å². The predicted octanol–water partition coefficient (Wildman–Crippen LogP) is 3.15. The average Bonchev–Trinajstić information content (AvgIpc) is 3.13. The van der Waals surface area contributed by atoms with E-state index in [9.17, 15) is 4.79 Å². The van der Waals surface area contributed by atoms with E-state index < -0.39 is 5.60 Å². The van der Waals surface area contributed by atoms with Crippen molar-refractivity contribution in [2.24, 2.45) is 0 Å². The van der Waals surface area contributed by atoms with E-state index in [-0.39, 0.29) is 12.1 Å². The Hall–Kier alpha value is -2.67. The summed E-state index contributed by atoms with van der Waals surface area (Å²) in [5, 5.41) is 10.2. The van der Waals surface area contributed by atoms with Crippen LogP contribution < -0.4 is 5.46 Å². The van der Waals surface area contributed by atoms with Gasteiger partial charge in [0.1, 0.15) is 23.5 Å². The average molecular weight is 405 g/mol. The van der Waals surface area contributed by atoms with E-state index >= 15 is 0 Å². The van der Waals surface area contributed by atoms with Gasteiger partial charge >= 0.3 is 6.09 Å². The van der Waals surface area contributed by atoms with Crippen molar-refractivity contribution in [1.82, 2.24) is 15.1 Å². The number of hydrogen-bond donors (Lipinski definition) is 0. The van der Waals surface area contributed by atoms with Crippen molar-refractivity contribution in [2.75, 3.05) is 6.54 Å². The molecule has 0 radical (unpaired) electrons. The van der Waals surface area contributed by atoms with Gasteiger partial charge in [0.2, 0.25) is 0 Å². The minimum absolute atomic E-state index is 0.0411. The quantitative estimate of drug-likeness (QED) is 0.612. The molecule has 1 fully saturated rings. The smallest absolute Gasteiger partial charge is 0.411 e. The molecule has 0 N–H and O–H groups in total. The Morgan fingerprint density at radius 3 is 2.52 bits per heavy atom. The van der Waals surface area contributed by atoms with Crippen molar-refractivity contribution in [1.29, 1.82) is 0 Å². The molecule has 1 aliphatic rings. The molecule has 1 saturated heterocycles. The molecule has 4 rings (SSSR count). The fourth-order valence-corrected chi connectivity index (χ4v) is 4.68. The number of hydrogen-bond acceptors (Lipinski definition) is 5. The molecular weight excluding hydrogens is 381 g/mol. The number of amides is 1. The number of nitrogens with zero attached hydrogens (tertiary/aromatic N) is 3. The fourth-order valence-electron chi connectivity index (χ4n) is 3.87. The summed E-state index contributed by atoms with van der Waals surface area (Å²) in [5.74, 6) is 0. The lowest BCUT2D eigenvalue weighted by Crippen LogP contribution is -2.49. The summed E-state index contributed by atoms with van der Waals surface area (Å²) < 4.78 is 6.18. The predicted molar refractivity (Wildman–Crippen MR) is 117 cm³/mol. The van der Waals surface area contributed by atoms with Gasteiger partial charge in [-0.15, -0.1) is 21.5 Å². The molecule has 7 heteroatoms. The fraction of sp³-hybridized carbons (Fsp3) is 0.318. The van der Waals surface area contributed by atoms with Crippen LogP contribution in [0.2, 0.25) is 0 Å². The number of benzene rings is 2. The third-order valence-electron chi connectivity index (χ3n) is 5.61. The van der Waals surface area contributed by atoms with Crippen LogP contribution in [0.1, 0.15) is 40.5 Å². The molecule has 2 atom stereocenters. The molecule has 0 aliphatic carbocycles. The van der Waals surface area contributed by atoms with Crippen LogP contribution in [-0.2, 0) is 16.8 Å². The van der Waals surface area contributed by atoms with Crippen molar-refractivity contribution in [3.8, 4) is 0 Å². The maximum atomic E-state index is 13.1. The van der Waals surface area contributed by atoms with E-state index in [4.69, 9.17) is 4.74 Å². The van der Waals surface area contributed by atoms with Crippen molar-refractivity contribution < 1.29 is 9.53 Å². The largest absolute Gasteiger partial charge is 0.437 e. The second-order valence-corrected chi connectivity index (χ2v) is 8.92. The normalized spacial score (nSPS) is 20.3. The molecule has 0 spiro atoms. The van der Waals surface area contributed by atoms with Crippen LogP contribution in [0, 0.1) is 6.92 Å². The number of aromatic nitrogens is 2. The molecule has 2 heterocycles. The maximum Gasteiger partial charge on any atom is 0.411 e. The number of cyclic esters (lactones) is 1. The van der Waals surface area contributed by atoms with Crippen molar-refractivity contribution in [3.05, 3.63) is 75.7 Å². The van der Waals surface area contributed by atoms with Crippen LogP contribution in [0.15, 0.2) is 54.6 Å². The van der Waals surface area contributed by atoms with Crippen LogP contribution >= 0.6 is 11.3 Å². The van der Waals surface area contributed by atoms with Crippen LogP contribution in [0.3, 0.4) is 0 Å². The van der Waals surface area contributed by atoms with Gasteiger partial charge in [-0.1, -0.05) is 60.1 Å². The number of carbonyl (C=O) groups is 1. The molecule has 148 valence electrons. The Kier molecular flexibility index (Phi) is 5.41. The standard InChI is InChI=1S/C22H24BN3O2S/c1-15(17-8-10-19(23)11-9-17)26-13-12-22(28-21(26)27,18-6-4-3-5-7-18)14-20-25-24-16(2)29-20/h3-11,15H,12-14,23H2,1-2H3/t15-,22-/m0/s1. The van der Waals surface area contributed by atoms with Gasteiger partial charge in [-0.25, -0.2) is 4.79 Å². The van der Waals surface area contributed by atoms with Crippen molar-refractivity contribution in [3.63, 3.8) is 0 Å². The Morgan fingerprint density at radius 2 is 1.90 bits per heavy atom. The van der Waals surface area contributed by atoms with Crippen molar-refractivity contribution in [2.45, 2.75) is 38.3 Å². The Morgan fingerprint density at radius 1 is 1.17 bits per heavy atom. The first-order chi connectivity index (χ1) is 14.0. The van der Waals surface area contributed by atoms with E-state index in [1.54, 1.807) is 11.3 Å². The van der Waals surface area contributed by atoms with Crippen LogP contribution in [0.25, 0.3) is 0 Å². The summed E-state index contributed by atoms with van der Waals surface area (Å²) in [5.41, 5.74) is 2.61. The second-order valence-electron chi connectivity index (χ2n) is 7.65. The molecule has 5 nitrogen and oxygen atoms in total. The highest BCUT2D eigenvalue weighted by atomic mass is 32.1. The summed E-state index contributed by atoms with van der Waals surface area (Å²) in [4.78, 5) is 14.9. The lowest BCUT2D eigenvalue weighted by Gasteiger charge is -2.43. The molecule has 29 heavy (non-hydrogen) atoms. The summed E-state index contributed by atoms with van der Waals surface area (Å²) >= 11 is 1.55. The van der Waals surface area contributed by atoms with Gasteiger partial charge in [-0.2, -0.15) is 0 Å². The monoisotopic (exact) mass is 405 g/mol. The van der Waals surface area contributed by atoms with E-state index in [1.807, 2.05) is 42.2 Å². The molecule has 0 saturated carbocycles. The zero-order valence-electron chi connectivity index (χ0n) is 17.0. The Bertz CT molecular complexity index is 993. The highest BCUT2D eigenvalue weighted by Crippen LogP contribution is 2.39. The lowest BCUT2D eigenvalue weighted by atomic mass is 9.85. The number of ether oxygens (including phenoxy) is 1. The first kappa shape index (κ1) is 19.6. The first-order valence-corrected chi connectivity index (χ1v) is 10.7. The third kappa shape index (κ3) is 4.05. The van der Waals surface area contributed by atoms with Crippen molar-refractivity contribution >= 4 is 30.7 Å². The summed E-state index contributed by atoms with van der Waals surface area (Å²) in [7, 11) is 2.06. The zero-order valence-corrected chi connectivity index (χ0v) is 17.8. The highest BCUT2D eigenvalue weighted by molar-refractivity contribution is 7.11. The minimum Gasteiger partial charge on any atom is -0.437 e. The molecule has 1 amide bonds. The summed E-state index contributed by atoms with van der Waals surface area (Å²) in [6.07, 6.45) is 0.966. The molecule has 0 bridgehead atoms. The molecule has 3 aromatic rings. The minimum atomic E-state index is -0.714. The molecule has 1 aromatic heterocycles. The van der Waals surface area contributed by atoms with Gasteiger partial charge < -0.3 is 9.64 Å². The van der Waals surface area contributed by atoms with Gasteiger partial charge in [0.25, 0.3) is 0 Å². The van der Waals surface area contributed by atoms with Crippen LogP contribution in [0.4, 0.5) is 4.79 Å². The first-order valence-electron chi connectivity index (χ1n) is 9.87. The molecule has 1 aliphatic heterocycles. The molecular formula is C22H24BN3O2S. The second kappa shape index (κ2) is 7.99. The third-order valence-corrected chi connectivity index (χ3v) is 6.44. The number of rotatable bonds is 5. The molecule has 2 aromatic carbocycles. The van der Waals surface area contributed by atoms with Gasteiger partial charge in [0, 0.05) is 19.4 Å². The Balaban J connectivity index is 1.60. The summed E-state index contributed by atoms with van der Waals surface area (Å²) in [6.45, 7) is 4.62. The zero-order chi connectivity index (χ0) is 20.4. The van der Waals surface area contributed by atoms with E-state index in [2.05, 4.69) is 49.2 Å². The van der Waals surface area contributed by atoms with Crippen LogP contribution in [0.5, 0.6) is 0 Å². The van der Waals surface area contributed by atoms with Crippen LogP contribution in [-0.4, -0.2) is 35.6 Å². The van der Waals surface area contributed by atoms with Gasteiger partial charge in [0.15, 0.2) is 0 Å². The summed E-state index contributed by atoms with van der Waals surface area (Å²) in [6, 6.07) is 18.3. The van der Waals surface area contributed by atoms with Gasteiger partial charge in [0.05, 0.1) is 6.04 Å². The molecule has 0 unspecified atom stereocenters. The SMILES string of the molecule is Bc1ccc([C@H](C)N2CC[C@](Cc3nnc(C)s3)(c3ccccc3)OC2=O)cc1.